The zero-order valence-electron chi connectivity index (χ0n) is 11.9. The van der Waals surface area contributed by atoms with Gasteiger partial charge in [-0.3, -0.25) is 0 Å². The minimum absolute atomic E-state index is 0.0819. The van der Waals surface area contributed by atoms with Gasteiger partial charge in [0.05, 0.1) is 11.7 Å². The fraction of sp³-hybridized carbons (Fsp3) is 0.786. The summed E-state index contributed by atoms with van der Waals surface area (Å²) in [6.45, 7) is 13.3. The Hall–Kier alpha value is -0.410. The molecule has 0 spiro atoms. The second-order valence-electron chi connectivity index (χ2n) is 5.89. The normalized spacial score (nSPS) is 14.0. The third-order valence-corrected chi connectivity index (χ3v) is 4.37. The molecule has 0 fully saturated rings. The van der Waals surface area contributed by atoms with Crippen LogP contribution < -0.4 is 5.73 Å². The van der Waals surface area contributed by atoms with Crippen molar-refractivity contribution in [2.45, 2.75) is 59.9 Å². The summed E-state index contributed by atoms with van der Waals surface area (Å²) in [7, 11) is 0. The fourth-order valence-corrected chi connectivity index (χ4v) is 3.07. The highest BCUT2D eigenvalue weighted by atomic mass is 32.1. The van der Waals surface area contributed by atoms with E-state index in [1.165, 1.54) is 10.6 Å². The van der Waals surface area contributed by atoms with Crippen LogP contribution in [0.4, 0.5) is 0 Å². The summed E-state index contributed by atoms with van der Waals surface area (Å²) in [5.41, 5.74) is 7.47. The van der Waals surface area contributed by atoms with E-state index in [1.807, 2.05) is 11.3 Å². The molecule has 0 aliphatic heterocycles. The SMILES string of the molecule is CC(C)Cc1nc(C(N)C(C)C)sc1C(C)C. The number of aromatic nitrogens is 1. The van der Waals surface area contributed by atoms with E-state index in [-0.39, 0.29) is 6.04 Å². The van der Waals surface area contributed by atoms with Gasteiger partial charge in [0.15, 0.2) is 0 Å². The third-order valence-electron chi connectivity index (χ3n) is 2.87. The minimum atomic E-state index is 0.0819. The highest BCUT2D eigenvalue weighted by Crippen LogP contribution is 2.32. The van der Waals surface area contributed by atoms with Gasteiger partial charge in [0.1, 0.15) is 5.01 Å². The second kappa shape index (κ2) is 5.96. The van der Waals surface area contributed by atoms with Crippen molar-refractivity contribution in [1.82, 2.24) is 4.98 Å². The maximum atomic E-state index is 6.20. The van der Waals surface area contributed by atoms with Gasteiger partial charge in [-0.1, -0.05) is 41.5 Å². The topological polar surface area (TPSA) is 38.9 Å². The molecule has 0 aliphatic carbocycles. The number of thiazole rings is 1. The van der Waals surface area contributed by atoms with Crippen LogP contribution in [0.25, 0.3) is 0 Å². The van der Waals surface area contributed by atoms with E-state index in [0.717, 1.165) is 11.4 Å². The van der Waals surface area contributed by atoms with E-state index in [2.05, 4.69) is 41.5 Å². The third kappa shape index (κ3) is 3.78. The summed E-state index contributed by atoms with van der Waals surface area (Å²) in [5.74, 6) is 1.65. The summed E-state index contributed by atoms with van der Waals surface area (Å²) >= 11 is 1.81. The van der Waals surface area contributed by atoms with E-state index in [9.17, 15) is 0 Å². The first-order valence-electron chi connectivity index (χ1n) is 6.58. The molecule has 1 aromatic heterocycles. The average Bonchev–Trinajstić information content (AvgIpc) is 2.59. The monoisotopic (exact) mass is 254 g/mol. The van der Waals surface area contributed by atoms with Crippen LogP contribution in [0.1, 0.15) is 69.1 Å². The minimum Gasteiger partial charge on any atom is -0.322 e. The molecule has 0 saturated heterocycles. The van der Waals surface area contributed by atoms with Gasteiger partial charge in [0.25, 0.3) is 0 Å². The molecule has 0 bridgehead atoms. The first kappa shape index (κ1) is 14.7. The van der Waals surface area contributed by atoms with Crippen molar-refractivity contribution in [3.63, 3.8) is 0 Å². The van der Waals surface area contributed by atoms with Gasteiger partial charge in [-0.25, -0.2) is 4.98 Å². The fourth-order valence-electron chi connectivity index (χ4n) is 1.79. The molecule has 0 aliphatic rings. The van der Waals surface area contributed by atoms with E-state index >= 15 is 0 Å². The first-order valence-corrected chi connectivity index (χ1v) is 7.39. The second-order valence-corrected chi connectivity index (χ2v) is 6.95. The lowest BCUT2D eigenvalue weighted by Gasteiger charge is -2.11. The van der Waals surface area contributed by atoms with E-state index in [0.29, 0.717) is 17.8 Å². The van der Waals surface area contributed by atoms with Gasteiger partial charge >= 0.3 is 0 Å². The van der Waals surface area contributed by atoms with Crippen molar-refractivity contribution in [3.05, 3.63) is 15.6 Å². The molecule has 0 amide bonds. The molecule has 1 heterocycles. The van der Waals surface area contributed by atoms with Crippen LogP contribution >= 0.6 is 11.3 Å². The lowest BCUT2D eigenvalue weighted by molar-refractivity contribution is 0.509. The quantitative estimate of drug-likeness (QED) is 0.858. The van der Waals surface area contributed by atoms with E-state index < -0.39 is 0 Å². The molecule has 2 nitrogen and oxygen atoms in total. The van der Waals surface area contributed by atoms with Gasteiger partial charge in [-0.2, -0.15) is 0 Å². The van der Waals surface area contributed by atoms with Crippen LogP contribution in [0.3, 0.4) is 0 Å². The smallest absolute Gasteiger partial charge is 0.110 e. The molecule has 1 aromatic rings. The van der Waals surface area contributed by atoms with Crippen molar-refractivity contribution in [3.8, 4) is 0 Å². The van der Waals surface area contributed by atoms with Gasteiger partial charge in [-0.15, -0.1) is 11.3 Å². The van der Waals surface area contributed by atoms with Crippen LogP contribution in [0.15, 0.2) is 0 Å². The lowest BCUT2D eigenvalue weighted by atomic mass is 10.0. The number of rotatable bonds is 5. The Morgan fingerprint density at radius 2 is 1.71 bits per heavy atom. The Labute approximate surface area is 110 Å². The van der Waals surface area contributed by atoms with E-state index in [4.69, 9.17) is 10.7 Å². The molecule has 0 saturated carbocycles. The van der Waals surface area contributed by atoms with Crippen molar-refractivity contribution >= 4 is 11.3 Å². The van der Waals surface area contributed by atoms with Crippen molar-refractivity contribution < 1.29 is 0 Å². The molecule has 1 atom stereocenters. The molecule has 3 heteroatoms. The summed E-state index contributed by atoms with van der Waals surface area (Å²) in [5, 5.41) is 1.11. The molecule has 2 N–H and O–H groups in total. The van der Waals surface area contributed by atoms with Crippen molar-refractivity contribution in [1.29, 1.82) is 0 Å². The van der Waals surface area contributed by atoms with E-state index in [1.54, 1.807) is 0 Å². The predicted molar refractivity (Wildman–Crippen MR) is 76.5 cm³/mol. The standard InChI is InChI=1S/C14H26N2S/c1-8(2)7-11-13(10(5)6)17-14(16-11)12(15)9(3)4/h8-10,12H,7,15H2,1-6H3. The molecule has 1 rings (SSSR count). The maximum Gasteiger partial charge on any atom is 0.110 e. The number of hydrogen-bond acceptors (Lipinski definition) is 3. The summed E-state index contributed by atoms with van der Waals surface area (Å²) in [6.07, 6.45) is 1.06. The molecular formula is C14H26N2S. The largest absolute Gasteiger partial charge is 0.322 e. The van der Waals surface area contributed by atoms with Crippen LogP contribution in [0, 0.1) is 11.8 Å². The zero-order chi connectivity index (χ0) is 13.2. The Morgan fingerprint density at radius 1 is 1.12 bits per heavy atom. The molecular weight excluding hydrogens is 228 g/mol. The lowest BCUT2D eigenvalue weighted by Crippen LogP contribution is -2.16. The molecule has 0 radical (unpaired) electrons. The van der Waals surface area contributed by atoms with Crippen molar-refractivity contribution in [2.24, 2.45) is 17.6 Å². The summed E-state index contributed by atoms with van der Waals surface area (Å²) < 4.78 is 0. The highest BCUT2D eigenvalue weighted by Gasteiger charge is 2.20. The molecule has 17 heavy (non-hydrogen) atoms. The van der Waals surface area contributed by atoms with Crippen LogP contribution in [-0.2, 0) is 6.42 Å². The Bertz CT molecular complexity index is 353. The summed E-state index contributed by atoms with van der Waals surface area (Å²) in [4.78, 5) is 6.21. The first-order chi connectivity index (χ1) is 7.82. The summed E-state index contributed by atoms with van der Waals surface area (Å²) in [6, 6.07) is 0.0819. The van der Waals surface area contributed by atoms with Crippen LogP contribution in [0.5, 0.6) is 0 Å². The van der Waals surface area contributed by atoms with Gasteiger partial charge < -0.3 is 5.73 Å². The van der Waals surface area contributed by atoms with Crippen LogP contribution in [-0.4, -0.2) is 4.98 Å². The van der Waals surface area contributed by atoms with Crippen molar-refractivity contribution in [2.75, 3.05) is 0 Å². The maximum absolute atomic E-state index is 6.20. The number of nitrogens with two attached hydrogens (primary N) is 1. The zero-order valence-corrected chi connectivity index (χ0v) is 12.8. The van der Waals surface area contributed by atoms with Gasteiger partial charge in [0.2, 0.25) is 0 Å². The van der Waals surface area contributed by atoms with Gasteiger partial charge in [-0.05, 0) is 24.2 Å². The number of hydrogen-bond donors (Lipinski definition) is 1. The molecule has 1 unspecified atom stereocenters. The Balaban J connectivity index is 3.03. The highest BCUT2D eigenvalue weighted by molar-refractivity contribution is 7.11. The molecule has 0 aromatic carbocycles. The Morgan fingerprint density at radius 3 is 2.12 bits per heavy atom. The van der Waals surface area contributed by atoms with Crippen LogP contribution in [0.2, 0.25) is 0 Å². The predicted octanol–water partition coefficient (Wildman–Crippen LogP) is 4.12. The molecule has 98 valence electrons. The van der Waals surface area contributed by atoms with Gasteiger partial charge in [0, 0.05) is 4.88 Å². The average molecular weight is 254 g/mol. The number of nitrogens with zero attached hydrogens (tertiary/aromatic N) is 1. The Kier molecular flexibility index (Phi) is 5.14.